The zero-order chi connectivity index (χ0) is 14.2. The first-order valence-corrected chi connectivity index (χ1v) is 6.72. The van der Waals surface area contributed by atoms with Crippen molar-refractivity contribution in [2.75, 3.05) is 0 Å². The third-order valence-electron chi connectivity index (χ3n) is 2.76. The van der Waals surface area contributed by atoms with Crippen molar-refractivity contribution in [2.24, 2.45) is 7.05 Å². The minimum atomic E-state index is -0.578. The predicted molar refractivity (Wildman–Crippen MR) is 72.2 cm³/mol. The molecule has 0 saturated heterocycles. The summed E-state index contributed by atoms with van der Waals surface area (Å²) < 4.78 is 28.3. The molecule has 1 heterocycles. The average molecular weight is 281 g/mol. The molecule has 19 heavy (non-hydrogen) atoms. The van der Waals surface area contributed by atoms with Gasteiger partial charge in [-0.05, 0) is 18.1 Å². The van der Waals surface area contributed by atoms with Gasteiger partial charge in [0, 0.05) is 24.9 Å². The van der Waals surface area contributed by atoms with Crippen LogP contribution in [0.15, 0.2) is 28.1 Å². The zero-order valence-corrected chi connectivity index (χ0v) is 11.9. The van der Waals surface area contributed by atoms with Crippen LogP contribution in [-0.4, -0.2) is 9.55 Å². The number of rotatable bonds is 3. The van der Waals surface area contributed by atoms with Crippen LogP contribution in [0.5, 0.6) is 0 Å². The largest absolute Gasteiger partial charge is 0.326 e. The number of benzene rings is 1. The van der Waals surface area contributed by atoms with Crippen molar-refractivity contribution in [2.45, 2.75) is 29.7 Å². The Morgan fingerprint density at radius 2 is 1.79 bits per heavy atom. The minimum Gasteiger partial charge on any atom is -0.326 e. The molecule has 2 nitrogen and oxygen atoms in total. The van der Waals surface area contributed by atoms with Crippen LogP contribution >= 0.6 is 11.8 Å². The Bertz CT molecular complexity index is 585. The highest BCUT2D eigenvalue weighted by Crippen LogP contribution is 2.34. The summed E-state index contributed by atoms with van der Waals surface area (Å²) in [4.78, 5) is 4.91. The van der Waals surface area contributed by atoms with Crippen LogP contribution in [0.4, 0.5) is 8.78 Å². The summed E-state index contributed by atoms with van der Waals surface area (Å²) >= 11 is 1.30. The van der Waals surface area contributed by atoms with E-state index >= 15 is 0 Å². The van der Waals surface area contributed by atoms with E-state index in [2.05, 4.69) is 11.9 Å². The lowest BCUT2D eigenvalue weighted by atomic mass is 10.2. The molecule has 1 aromatic heterocycles. The fourth-order valence-electron chi connectivity index (χ4n) is 1.75. The fourth-order valence-corrected chi connectivity index (χ4v) is 2.94. The van der Waals surface area contributed by atoms with Crippen LogP contribution in [0.2, 0.25) is 0 Å². The average Bonchev–Trinajstić information content (AvgIpc) is 2.56. The summed E-state index contributed by atoms with van der Waals surface area (Å²) in [5.74, 6) is -0.290. The standard InChI is InChI=1S/C14H15F2N2S/c1-8(2)13-14(18(4)9(3)17-13)19-12-6-10(15)5-11(16)7-12/h5-8H,3H2,1-2,4H3. The second-order valence-electron chi connectivity index (χ2n) is 4.64. The fraction of sp³-hybridized carbons (Fsp3) is 0.286. The normalized spacial score (nSPS) is 11.3. The Kier molecular flexibility index (Phi) is 3.94. The van der Waals surface area contributed by atoms with E-state index in [0.717, 1.165) is 16.8 Å². The highest BCUT2D eigenvalue weighted by Gasteiger charge is 2.17. The smallest absolute Gasteiger partial charge is 0.127 e. The Morgan fingerprint density at radius 3 is 2.32 bits per heavy atom. The third kappa shape index (κ3) is 2.97. The summed E-state index contributed by atoms with van der Waals surface area (Å²) in [6, 6.07) is 3.49. The SMILES string of the molecule is [CH2]c1nc(C(C)C)c(Sc2cc(F)cc(F)c2)n1C. The number of aromatic nitrogens is 2. The summed E-state index contributed by atoms with van der Waals surface area (Å²) in [7, 11) is 1.85. The Labute approximate surface area is 115 Å². The molecule has 0 fully saturated rings. The summed E-state index contributed by atoms with van der Waals surface area (Å²) in [6.07, 6.45) is 0. The molecular weight excluding hydrogens is 266 g/mol. The van der Waals surface area contributed by atoms with Gasteiger partial charge in [-0.2, -0.15) is 0 Å². The van der Waals surface area contributed by atoms with Crippen LogP contribution in [0.1, 0.15) is 31.3 Å². The highest BCUT2D eigenvalue weighted by molar-refractivity contribution is 7.99. The maximum absolute atomic E-state index is 13.2. The van der Waals surface area contributed by atoms with Crippen molar-refractivity contribution in [3.05, 3.63) is 48.3 Å². The molecule has 1 aromatic carbocycles. The van der Waals surface area contributed by atoms with Crippen LogP contribution in [0, 0.1) is 18.6 Å². The first-order valence-electron chi connectivity index (χ1n) is 5.91. The maximum Gasteiger partial charge on any atom is 0.127 e. The number of hydrogen-bond donors (Lipinski definition) is 0. The lowest BCUT2D eigenvalue weighted by Gasteiger charge is -2.08. The first kappa shape index (κ1) is 14.1. The molecule has 2 aromatic rings. The van der Waals surface area contributed by atoms with Gasteiger partial charge >= 0.3 is 0 Å². The second kappa shape index (κ2) is 5.33. The van der Waals surface area contributed by atoms with Crippen molar-refractivity contribution >= 4 is 11.8 Å². The van der Waals surface area contributed by atoms with Gasteiger partial charge in [0.2, 0.25) is 0 Å². The van der Waals surface area contributed by atoms with Crippen molar-refractivity contribution in [3.63, 3.8) is 0 Å². The van der Waals surface area contributed by atoms with Gasteiger partial charge < -0.3 is 4.57 Å². The third-order valence-corrected chi connectivity index (χ3v) is 3.91. The summed E-state index contributed by atoms with van der Waals surface area (Å²) in [6.45, 7) is 7.90. The summed E-state index contributed by atoms with van der Waals surface area (Å²) in [5, 5.41) is 0.866. The van der Waals surface area contributed by atoms with Crippen molar-refractivity contribution in [3.8, 4) is 0 Å². The molecule has 5 heteroatoms. The maximum atomic E-state index is 13.2. The molecule has 0 aliphatic rings. The number of nitrogens with zero attached hydrogens (tertiary/aromatic N) is 2. The molecule has 0 atom stereocenters. The van der Waals surface area contributed by atoms with Crippen molar-refractivity contribution < 1.29 is 8.78 Å². The molecule has 1 radical (unpaired) electrons. The van der Waals surface area contributed by atoms with E-state index in [1.165, 1.54) is 23.9 Å². The van der Waals surface area contributed by atoms with Gasteiger partial charge in [-0.1, -0.05) is 25.6 Å². The molecule has 0 aliphatic carbocycles. The quantitative estimate of drug-likeness (QED) is 0.841. The van der Waals surface area contributed by atoms with Crippen molar-refractivity contribution in [1.82, 2.24) is 9.55 Å². The van der Waals surface area contributed by atoms with Gasteiger partial charge in [-0.15, -0.1) is 0 Å². The molecule has 2 rings (SSSR count). The van der Waals surface area contributed by atoms with Gasteiger partial charge in [0.25, 0.3) is 0 Å². The Balaban J connectivity index is 2.42. The molecule has 0 bridgehead atoms. The number of halogens is 2. The van der Waals surface area contributed by atoms with Gasteiger partial charge in [0.1, 0.15) is 22.5 Å². The highest BCUT2D eigenvalue weighted by atomic mass is 32.2. The Hall–Kier alpha value is -1.36. The zero-order valence-electron chi connectivity index (χ0n) is 11.1. The van der Waals surface area contributed by atoms with Gasteiger partial charge in [0.05, 0.1) is 5.69 Å². The van der Waals surface area contributed by atoms with Crippen LogP contribution in [0.3, 0.4) is 0 Å². The number of imidazole rings is 1. The molecule has 0 saturated carbocycles. The molecule has 0 N–H and O–H groups in total. The Morgan fingerprint density at radius 1 is 1.21 bits per heavy atom. The molecule has 101 valence electrons. The minimum absolute atomic E-state index is 0.225. The van der Waals surface area contributed by atoms with Crippen LogP contribution < -0.4 is 0 Å². The van der Waals surface area contributed by atoms with Crippen LogP contribution in [0.25, 0.3) is 0 Å². The van der Waals surface area contributed by atoms with E-state index in [9.17, 15) is 8.78 Å². The van der Waals surface area contributed by atoms with Gasteiger partial charge in [0.15, 0.2) is 0 Å². The van der Waals surface area contributed by atoms with E-state index in [1.807, 2.05) is 25.5 Å². The van der Waals surface area contributed by atoms with E-state index in [4.69, 9.17) is 0 Å². The first-order chi connectivity index (χ1) is 8.88. The van der Waals surface area contributed by atoms with E-state index in [1.54, 1.807) is 0 Å². The molecule has 0 spiro atoms. The number of hydrogen-bond acceptors (Lipinski definition) is 2. The molecule has 0 unspecified atom stereocenters. The monoisotopic (exact) mass is 281 g/mol. The molecule has 0 aliphatic heterocycles. The van der Waals surface area contributed by atoms with Gasteiger partial charge in [-0.25, -0.2) is 13.8 Å². The van der Waals surface area contributed by atoms with Crippen LogP contribution in [-0.2, 0) is 7.05 Å². The molecule has 0 amide bonds. The lowest BCUT2D eigenvalue weighted by Crippen LogP contribution is -1.95. The van der Waals surface area contributed by atoms with E-state index in [-0.39, 0.29) is 5.92 Å². The van der Waals surface area contributed by atoms with Crippen molar-refractivity contribution in [1.29, 1.82) is 0 Å². The van der Waals surface area contributed by atoms with E-state index in [0.29, 0.717) is 10.7 Å². The lowest BCUT2D eigenvalue weighted by molar-refractivity contribution is 0.577. The predicted octanol–water partition coefficient (Wildman–Crippen LogP) is 4.16. The molecular formula is C14H15F2N2S. The topological polar surface area (TPSA) is 17.8 Å². The summed E-state index contributed by atoms with van der Waals surface area (Å²) in [5.41, 5.74) is 0.891. The van der Waals surface area contributed by atoms with E-state index < -0.39 is 11.6 Å². The van der Waals surface area contributed by atoms with Gasteiger partial charge in [-0.3, -0.25) is 0 Å². The second-order valence-corrected chi connectivity index (χ2v) is 5.70.